The molecule has 1 rings (SSSR count). The second-order valence-corrected chi connectivity index (χ2v) is 5.17. The van der Waals surface area contributed by atoms with Crippen molar-refractivity contribution in [1.82, 2.24) is 5.32 Å². The van der Waals surface area contributed by atoms with E-state index in [2.05, 4.69) is 18.3 Å². The first-order valence-corrected chi connectivity index (χ1v) is 6.66. The Morgan fingerprint density at radius 1 is 1.43 bits per heavy atom. The molecule has 1 saturated carbocycles. The fourth-order valence-electron chi connectivity index (χ4n) is 1.85. The summed E-state index contributed by atoms with van der Waals surface area (Å²) in [5.74, 6) is 0.953. The van der Waals surface area contributed by atoms with Gasteiger partial charge in [-0.3, -0.25) is 0 Å². The number of rotatable bonds is 5. The van der Waals surface area contributed by atoms with E-state index in [9.17, 15) is 0 Å². The van der Waals surface area contributed by atoms with Crippen LogP contribution in [0.5, 0.6) is 0 Å². The van der Waals surface area contributed by atoms with E-state index < -0.39 is 0 Å². The van der Waals surface area contributed by atoms with Crippen molar-refractivity contribution in [2.24, 2.45) is 0 Å². The van der Waals surface area contributed by atoms with E-state index in [1.54, 1.807) is 0 Å². The maximum absolute atomic E-state index is 8.86. The Hall–Kier alpha value is -0.200. The van der Waals surface area contributed by atoms with Gasteiger partial charge in [-0.1, -0.05) is 26.2 Å². The van der Waals surface area contributed by atoms with Crippen LogP contribution in [0.15, 0.2) is 0 Å². The Morgan fingerprint density at radius 2 is 2.14 bits per heavy atom. The van der Waals surface area contributed by atoms with Crippen LogP contribution in [0, 0.1) is 11.3 Å². The van der Waals surface area contributed by atoms with Gasteiger partial charge >= 0.3 is 0 Å². The van der Waals surface area contributed by atoms with E-state index in [0.717, 1.165) is 17.5 Å². The van der Waals surface area contributed by atoms with Crippen molar-refractivity contribution in [1.29, 1.82) is 5.26 Å². The van der Waals surface area contributed by atoms with Crippen molar-refractivity contribution in [3.63, 3.8) is 0 Å². The summed E-state index contributed by atoms with van der Waals surface area (Å²) in [6, 6.07) is 2.36. The predicted octanol–water partition coefficient (Wildman–Crippen LogP) is 2.55. The first-order chi connectivity index (χ1) is 6.86. The maximum atomic E-state index is 8.86. The summed E-state index contributed by atoms with van der Waals surface area (Å²) >= 11 is 1.98. The van der Waals surface area contributed by atoms with Crippen molar-refractivity contribution in [2.75, 3.05) is 12.3 Å². The van der Waals surface area contributed by atoms with Crippen LogP contribution in [-0.2, 0) is 0 Å². The van der Waals surface area contributed by atoms with E-state index in [0.29, 0.717) is 0 Å². The third-order valence-corrected chi connectivity index (χ3v) is 4.13. The molecule has 1 unspecified atom stereocenters. The smallest absolute Gasteiger partial charge is 0.104 e. The molecule has 3 heteroatoms. The predicted molar refractivity (Wildman–Crippen MR) is 62.4 cm³/mol. The van der Waals surface area contributed by atoms with Crippen LogP contribution in [0.4, 0.5) is 0 Å². The molecular weight excluding hydrogens is 192 g/mol. The molecule has 0 radical (unpaired) electrons. The third kappa shape index (κ3) is 4.34. The molecule has 80 valence electrons. The molecule has 0 bridgehead atoms. The number of nitrogens with one attached hydrogen (secondary N) is 1. The molecule has 0 aromatic carbocycles. The van der Waals surface area contributed by atoms with E-state index in [1.165, 1.54) is 32.1 Å². The van der Waals surface area contributed by atoms with E-state index in [1.807, 2.05) is 11.8 Å². The average molecular weight is 212 g/mol. The van der Waals surface area contributed by atoms with Crippen LogP contribution >= 0.6 is 11.8 Å². The number of nitrogens with zero attached hydrogens (tertiary/aromatic N) is 1. The van der Waals surface area contributed by atoms with E-state index in [4.69, 9.17) is 5.26 Å². The summed E-state index contributed by atoms with van der Waals surface area (Å²) in [4.78, 5) is 0. The normalized spacial score (nSPS) is 20.3. The highest BCUT2D eigenvalue weighted by molar-refractivity contribution is 7.99. The molecule has 0 amide bonds. The largest absolute Gasteiger partial charge is 0.302 e. The van der Waals surface area contributed by atoms with Gasteiger partial charge < -0.3 is 5.32 Å². The van der Waals surface area contributed by atoms with Crippen molar-refractivity contribution in [2.45, 2.75) is 50.3 Å². The molecule has 1 N–H and O–H groups in total. The van der Waals surface area contributed by atoms with Gasteiger partial charge in [0, 0.05) is 11.0 Å². The molecular formula is C11H20N2S. The van der Waals surface area contributed by atoms with Gasteiger partial charge in [0.1, 0.15) is 6.04 Å². The molecule has 0 heterocycles. The molecule has 0 aromatic heterocycles. The summed E-state index contributed by atoms with van der Waals surface area (Å²) in [6.45, 7) is 2.94. The Bertz CT molecular complexity index is 182. The fraction of sp³-hybridized carbons (Fsp3) is 0.909. The SMILES string of the molecule is CCNC(C#N)CSC1CCCCC1. The first kappa shape index (κ1) is 11.9. The molecule has 14 heavy (non-hydrogen) atoms. The summed E-state index contributed by atoms with van der Waals surface area (Å²) in [5, 5.41) is 12.9. The lowest BCUT2D eigenvalue weighted by atomic mass is 10.0. The molecule has 0 spiro atoms. The second kappa shape index (κ2) is 7.14. The number of hydrogen-bond donors (Lipinski definition) is 1. The molecule has 1 aliphatic carbocycles. The quantitative estimate of drug-likeness (QED) is 0.761. The lowest BCUT2D eigenvalue weighted by Crippen LogP contribution is -2.30. The van der Waals surface area contributed by atoms with Gasteiger partial charge in [-0.15, -0.1) is 0 Å². The van der Waals surface area contributed by atoms with Crippen LogP contribution in [0.25, 0.3) is 0 Å². The van der Waals surface area contributed by atoms with Gasteiger partial charge in [0.25, 0.3) is 0 Å². The molecule has 1 atom stereocenters. The van der Waals surface area contributed by atoms with Gasteiger partial charge in [-0.05, 0) is 19.4 Å². The number of hydrogen-bond acceptors (Lipinski definition) is 3. The zero-order valence-electron chi connectivity index (χ0n) is 8.96. The highest BCUT2D eigenvalue weighted by atomic mass is 32.2. The summed E-state index contributed by atoms with van der Waals surface area (Å²) < 4.78 is 0. The number of nitriles is 1. The molecule has 0 aliphatic heterocycles. The van der Waals surface area contributed by atoms with Crippen LogP contribution in [0.2, 0.25) is 0 Å². The van der Waals surface area contributed by atoms with E-state index in [-0.39, 0.29) is 6.04 Å². The summed E-state index contributed by atoms with van der Waals surface area (Å²) in [5.41, 5.74) is 0. The Morgan fingerprint density at radius 3 is 2.71 bits per heavy atom. The van der Waals surface area contributed by atoms with E-state index >= 15 is 0 Å². The number of thioether (sulfide) groups is 1. The average Bonchev–Trinajstić information content (AvgIpc) is 2.25. The zero-order chi connectivity index (χ0) is 10.2. The lowest BCUT2D eigenvalue weighted by molar-refractivity contribution is 0.515. The fourth-order valence-corrected chi connectivity index (χ4v) is 3.18. The zero-order valence-corrected chi connectivity index (χ0v) is 9.78. The topological polar surface area (TPSA) is 35.8 Å². The molecule has 0 saturated heterocycles. The minimum atomic E-state index is 0.0481. The Kier molecular flexibility index (Phi) is 6.05. The van der Waals surface area contributed by atoms with Crippen LogP contribution < -0.4 is 5.32 Å². The molecule has 0 aromatic rings. The third-order valence-electron chi connectivity index (χ3n) is 2.66. The van der Waals surface area contributed by atoms with Gasteiger partial charge in [-0.2, -0.15) is 17.0 Å². The van der Waals surface area contributed by atoms with Gasteiger partial charge in [0.2, 0.25) is 0 Å². The second-order valence-electron chi connectivity index (χ2n) is 3.83. The van der Waals surface area contributed by atoms with Crippen molar-refractivity contribution >= 4 is 11.8 Å². The molecule has 2 nitrogen and oxygen atoms in total. The summed E-state index contributed by atoms with van der Waals surface area (Å²) in [6.07, 6.45) is 6.89. The van der Waals surface area contributed by atoms with Crippen molar-refractivity contribution in [3.05, 3.63) is 0 Å². The maximum Gasteiger partial charge on any atom is 0.104 e. The minimum Gasteiger partial charge on any atom is -0.302 e. The monoisotopic (exact) mass is 212 g/mol. The first-order valence-electron chi connectivity index (χ1n) is 5.61. The van der Waals surface area contributed by atoms with Crippen molar-refractivity contribution < 1.29 is 0 Å². The Labute approximate surface area is 91.4 Å². The molecule has 1 fully saturated rings. The molecule has 1 aliphatic rings. The van der Waals surface area contributed by atoms with Gasteiger partial charge in [0.05, 0.1) is 6.07 Å². The van der Waals surface area contributed by atoms with Crippen molar-refractivity contribution in [3.8, 4) is 6.07 Å². The summed E-state index contributed by atoms with van der Waals surface area (Å²) in [7, 11) is 0. The minimum absolute atomic E-state index is 0.0481. The van der Waals surface area contributed by atoms with Crippen LogP contribution in [0.3, 0.4) is 0 Å². The highest BCUT2D eigenvalue weighted by Crippen LogP contribution is 2.28. The Balaban J connectivity index is 2.14. The van der Waals surface area contributed by atoms with Gasteiger partial charge in [0.15, 0.2) is 0 Å². The highest BCUT2D eigenvalue weighted by Gasteiger charge is 2.15. The lowest BCUT2D eigenvalue weighted by Gasteiger charge is -2.22. The van der Waals surface area contributed by atoms with Crippen LogP contribution in [-0.4, -0.2) is 23.6 Å². The standard InChI is InChI=1S/C11H20N2S/c1-2-13-10(8-12)9-14-11-6-4-3-5-7-11/h10-11,13H,2-7,9H2,1H3. The van der Waals surface area contributed by atoms with Gasteiger partial charge in [-0.25, -0.2) is 0 Å². The van der Waals surface area contributed by atoms with Crippen LogP contribution in [0.1, 0.15) is 39.0 Å².